The summed E-state index contributed by atoms with van der Waals surface area (Å²) >= 11 is 7.18. The van der Waals surface area contributed by atoms with E-state index in [1.807, 2.05) is 12.1 Å². The van der Waals surface area contributed by atoms with Gasteiger partial charge in [0.05, 0.1) is 14.2 Å². The van der Waals surface area contributed by atoms with E-state index in [1.165, 1.54) is 26.0 Å². The van der Waals surface area contributed by atoms with Crippen LogP contribution in [0.3, 0.4) is 0 Å². The lowest BCUT2D eigenvalue weighted by Crippen LogP contribution is -2.21. The Kier molecular flexibility index (Phi) is 7.36. The Hall–Kier alpha value is -2.18. The largest absolute Gasteiger partial charge is 0.493 e. The van der Waals surface area contributed by atoms with Crippen LogP contribution in [-0.4, -0.2) is 37.8 Å². The molecule has 2 aromatic carbocycles. The van der Waals surface area contributed by atoms with Crippen LogP contribution in [0.2, 0.25) is 5.02 Å². The lowest BCUT2D eigenvalue weighted by atomic mass is 10.1. The Labute approximate surface area is 161 Å². The zero-order valence-corrected chi connectivity index (χ0v) is 16.2. The first-order valence-electron chi connectivity index (χ1n) is 7.78. The molecule has 0 amide bonds. The minimum atomic E-state index is -0.459. The molecule has 0 unspecified atom stereocenters. The van der Waals surface area contributed by atoms with Crippen molar-refractivity contribution in [1.29, 1.82) is 0 Å². The minimum Gasteiger partial charge on any atom is -0.493 e. The van der Waals surface area contributed by atoms with E-state index in [0.29, 0.717) is 22.1 Å². The normalized spacial score (nSPS) is 11.5. The molecular weight excluding hydrogens is 376 g/mol. The summed E-state index contributed by atoms with van der Waals surface area (Å²) in [4.78, 5) is 25.2. The number of methoxy groups -OCH3 is 2. The van der Waals surface area contributed by atoms with Crippen LogP contribution in [0.5, 0.6) is 11.5 Å². The summed E-state index contributed by atoms with van der Waals surface area (Å²) in [5, 5.41) is 0.180. The van der Waals surface area contributed by atoms with Gasteiger partial charge in [0.15, 0.2) is 23.9 Å². The number of Topliss-reactive ketones (excluding diaryl/α,β-unsaturated/α-hetero) is 1. The molecule has 7 heteroatoms. The van der Waals surface area contributed by atoms with E-state index in [2.05, 4.69) is 0 Å². The number of benzene rings is 2. The summed E-state index contributed by atoms with van der Waals surface area (Å²) in [6.45, 7) is 1.39. The molecule has 0 aliphatic heterocycles. The first-order valence-corrected chi connectivity index (χ1v) is 9.04. The summed E-state index contributed by atoms with van der Waals surface area (Å²) in [5.74, 6) is 0.187. The molecule has 0 aliphatic rings. The van der Waals surface area contributed by atoms with Crippen molar-refractivity contribution in [1.82, 2.24) is 0 Å². The van der Waals surface area contributed by atoms with Crippen molar-refractivity contribution in [2.24, 2.45) is 0 Å². The van der Waals surface area contributed by atoms with E-state index in [4.69, 9.17) is 25.8 Å². The molecule has 2 rings (SSSR count). The van der Waals surface area contributed by atoms with Gasteiger partial charge in [0.2, 0.25) is 0 Å². The number of hydrogen-bond donors (Lipinski definition) is 0. The third-order valence-electron chi connectivity index (χ3n) is 3.51. The summed E-state index contributed by atoms with van der Waals surface area (Å²) < 4.78 is 15.4. The average Bonchev–Trinajstić information content (AvgIpc) is 2.66. The van der Waals surface area contributed by atoms with Crippen LogP contribution < -0.4 is 9.47 Å². The van der Waals surface area contributed by atoms with Crippen LogP contribution in [0.15, 0.2) is 47.4 Å². The van der Waals surface area contributed by atoms with E-state index in [1.54, 1.807) is 37.3 Å². The highest BCUT2D eigenvalue weighted by Crippen LogP contribution is 2.28. The standard InChI is InChI=1S/C19H19ClO5S/c1-12(26-15-7-5-14(20)6-8-15)19(22)25-11-16(21)13-4-9-17(23-2)18(10-13)24-3/h4-10,12H,11H2,1-3H3/t12-/m0/s1. The predicted molar refractivity (Wildman–Crippen MR) is 102 cm³/mol. The maximum absolute atomic E-state index is 12.2. The Morgan fingerprint density at radius 1 is 1.04 bits per heavy atom. The quantitative estimate of drug-likeness (QED) is 0.378. The summed E-state index contributed by atoms with van der Waals surface area (Å²) in [5.41, 5.74) is 0.383. The third kappa shape index (κ3) is 5.41. The molecule has 26 heavy (non-hydrogen) atoms. The van der Waals surface area contributed by atoms with Gasteiger partial charge in [-0.2, -0.15) is 0 Å². The molecule has 0 bridgehead atoms. The van der Waals surface area contributed by atoms with Crippen molar-refractivity contribution in [2.45, 2.75) is 17.1 Å². The van der Waals surface area contributed by atoms with Gasteiger partial charge in [0.25, 0.3) is 0 Å². The second-order valence-electron chi connectivity index (χ2n) is 5.31. The van der Waals surface area contributed by atoms with Gasteiger partial charge in [-0.1, -0.05) is 11.6 Å². The lowest BCUT2D eigenvalue weighted by molar-refractivity contribution is -0.141. The second-order valence-corrected chi connectivity index (χ2v) is 7.17. The molecule has 5 nitrogen and oxygen atoms in total. The Morgan fingerprint density at radius 2 is 1.69 bits per heavy atom. The van der Waals surface area contributed by atoms with Crippen LogP contribution >= 0.6 is 23.4 Å². The van der Waals surface area contributed by atoms with Crippen LogP contribution in [-0.2, 0) is 9.53 Å². The van der Waals surface area contributed by atoms with Crippen molar-refractivity contribution in [2.75, 3.05) is 20.8 Å². The van der Waals surface area contributed by atoms with Gasteiger partial charge >= 0.3 is 5.97 Å². The number of carbonyl (C=O) groups is 2. The molecule has 0 saturated carbocycles. The van der Waals surface area contributed by atoms with Crippen LogP contribution in [0, 0.1) is 0 Å². The van der Waals surface area contributed by atoms with Gasteiger partial charge in [-0.25, -0.2) is 0 Å². The van der Waals surface area contributed by atoms with Crippen LogP contribution in [0.1, 0.15) is 17.3 Å². The molecule has 2 aromatic rings. The number of esters is 1. The number of halogens is 1. The van der Waals surface area contributed by atoms with Crippen molar-refractivity contribution in [3.05, 3.63) is 53.1 Å². The fourth-order valence-corrected chi connectivity index (χ4v) is 3.10. The molecule has 0 N–H and O–H groups in total. The fraction of sp³-hybridized carbons (Fsp3) is 0.263. The highest BCUT2D eigenvalue weighted by molar-refractivity contribution is 8.00. The molecular formula is C19H19ClO5S. The first-order chi connectivity index (χ1) is 12.4. The van der Waals surface area contributed by atoms with Gasteiger partial charge in [-0.05, 0) is 49.4 Å². The molecule has 0 aliphatic carbocycles. The topological polar surface area (TPSA) is 61.8 Å². The highest BCUT2D eigenvalue weighted by atomic mass is 35.5. The molecule has 0 heterocycles. The van der Waals surface area contributed by atoms with E-state index in [0.717, 1.165) is 4.90 Å². The smallest absolute Gasteiger partial charge is 0.319 e. The van der Waals surface area contributed by atoms with Crippen LogP contribution in [0.25, 0.3) is 0 Å². The Morgan fingerprint density at radius 3 is 2.31 bits per heavy atom. The number of rotatable bonds is 8. The van der Waals surface area contributed by atoms with E-state index in [9.17, 15) is 9.59 Å². The number of thioether (sulfide) groups is 1. The monoisotopic (exact) mass is 394 g/mol. The van der Waals surface area contributed by atoms with Gasteiger partial charge in [-0.15, -0.1) is 11.8 Å². The Bertz CT molecular complexity index is 776. The van der Waals surface area contributed by atoms with E-state index in [-0.39, 0.29) is 12.4 Å². The molecule has 0 spiro atoms. The van der Waals surface area contributed by atoms with Crippen molar-refractivity contribution in [3.8, 4) is 11.5 Å². The van der Waals surface area contributed by atoms with Gasteiger partial charge < -0.3 is 14.2 Å². The Balaban J connectivity index is 1.91. The van der Waals surface area contributed by atoms with Gasteiger partial charge in [0, 0.05) is 15.5 Å². The van der Waals surface area contributed by atoms with Crippen molar-refractivity contribution >= 4 is 35.1 Å². The van der Waals surface area contributed by atoms with E-state index >= 15 is 0 Å². The van der Waals surface area contributed by atoms with Crippen molar-refractivity contribution in [3.63, 3.8) is 0 Å². The predicted octanol–water partition coefficient (Wildman–Crippen LogP) is 4.26. The maximum atomic E-state index is 12.2. The van der Waals surface area contributed by atoms with Crippen LogP contribution in [0.4, 0.5) is 0 Å². The zero-order chi connectivity index (χ0) is 19.1. The molecule has 0 fully saturated rings. The average molecular weight is 395 g/mol. The lowest BCUT2D eigenvalue weighted by Gasteiger charge is -2.12. The molecule has 0 aromatic heterocycles. The van der Waals surface area contributed by atoms with Gasteiger partial charge in [-0.3, -0.25) is 9.59 Å². The second kappa shape index (κ2) is 9.50. The minimum absolute atomic E-state index is 0.317. The molecule has 138 valence electrons. The summed E-state index contributed by atoms with van der Waals surface area (Å²) in [6.07, 6.45) is 0. The maximum Gasteiger partial charge on any atom is 0.319 e. The number of carbonyl (C=O) groups excluding carboxylic acids is 2. The van der Waals surface area contributed by atoms with E-state index < -0.39 is 11.2 Å². The summed E-state index contributed by atoms with van der Waals surface area (Å²) in [7, 11) is 3.00. The van der Waals surface area contributed by atoms with Gasteiger partial charge in [0.1, 0.15) is 5.25 Å². The number of ketones is 1. The molecule has 1 atom stereocenters. The highest BCUT2D eigenvalue weighted by Gasteiger charge is 2.18. The molecule has 0 saturated heterocycles. The number of hydrogen-bond acceptors (Lipinski definition) is 6. The van der Waals surface area contributed by atoms with Crippen molar-refractivity contribution < 1.29 is 23.8 Å². The molecule has 0 radical (unpaired) electrons. The summed E-state index contributed by atoms with van der Waals surface area (Å²) in [6, 6.07) is 11.9. The zero-order valence-electron chi connectivity index (χ0n) is 14.7. The first kappa shape index (κ1) is 20.1. The fourth-order valence-electron chi connectivity index (χ4n) is 2.11. The SMILES string of the molecule is COc1ccc(C(=O)COC(=O)[C@H](C)Sc2ccc(Cl)cc2)cc1OC. The number of ether oxygens (including phenoxy) is 3. The third-order valence-corrected chi connectivity index (χ3v) is 4.85.